The predicted octanol–water partition coefficient (Wildman–Crippen LogP) is 3.18. The van der Waals surface area contributed by atoms with E-state index in [0.717, 1.165) is 10.0 Å². The van der Waals surface area contributed by atoms with Crippen molar-refractivity contribution in [3.05, 3.63) is 63.6 Å². The van der Waals surface area contributed by atoms with Gasteiger partial charge in [0.05, 0.1) is 5.56 Å². The van der Waals surface area contributed by atoms with Crippen LogP contribution in [0.1, 0.15) is 16.7 Å². The Kier molecular flexibility index (Phi) is 4.38. The van der Waals surface area contributed by atoms with Crippen LogP contribution in [0.3, 0.4) is 0 Å². The van der Waals surface area contributed by atoms with Crippen LogP contribution >= 0.6 is 15.9 Å². The van der Waals surface area contributed by atoms with Gasteiger partial charge in [0.1, 0.15) is 24.3 Å². The number of nitriles is 1. The lowest BCUT2D eigenvalue weighted by Crippen LogP contribution is -2.11. The molecule has 0 radical (unpaired) electrons. The number of hydrogen-bond donors (Lipinski definition) is 2. The molecule has 5 heteroatoms. The lowest BCUT2D eigenvalue weighted by molar-refractivity contribution is 0.305. The first-order valence-corrected chi connectivity index (χ1v) is 6.65. The van der Waals surface area contributed by atoms with Crippen molar-refractivity contribution in [1.82, 2.24) is 0 Å². The average Bonchev–Trinajstić information content (AvgIpc) is 2.46. The molecule has 2 aromatic carbocycles. The van der Waals surface area contributed by atoms with E-state index in [-0.39, 0.29) is 5.84 Å². The van der Waals surface area contributed by atoms with Crippen LogP contribution in [-0.4, -0.2) is 5.84 Å². The zero-order valence-electron chi connectivity index (χ0n) is 10.6. The van der Waals surface area contributed by atoms with Crippen molar-refractivity contribution in [2.75, 3.05) is 0 Å². The molecule has 0 aromatic heterocycles. The maximum absolute atomic E-state index is 9.11. The van der Waals surface area contributed by atoms with Crippen molar-refractivity contribution >= 4 is 21.8 Å². The van der Waals surface area contributed by atoms with Crippen molar-refractivity contribution in [1.29, 1.82) is 10.7 Å². The third kappa shape index (κ3) is 3.37. The molecule has 0 bridgehead atoms. The molecule has 0 heterocycles. The molecule has 20 heavy (non-hydrogen) atoms. The van der Waals surface area contributed by atoms with Crippen LogP contribution < -0.4 is 10.5 Å². The second-order valence-corrected chi connectivity index (χ2v) is 5.07. The lowest BCUT2D eigenvalue weighted by atomic mass is 10.1. The standard InChI is InChI=1S/C15H12BrN3O/c16-13-4-1-10(2-5-13)9-20-14-6-3-11(15(18)19)7-12(14)8-17/h1-7H,9H2,(H3,18,19). The first kappa shape index (κ1) is 14.1. The molecular formula is C15H12BrN3O. The highest BCUT2D eigenvalue weighted by Gasteiger charge is 2.06. The van der Waals surface area contributed by atoms with Crippen molar-refractivity contribution in [3.63, 3.8) is 0 Å². The van der Waals surface area contributed by atoms with Crippen LogP contribution in [-0.2, 0) is 6.61 Å². The molecule has 0 aliphatic rings. The number of nitrogens with zero attached hydrogens (tertiary/aromatic N) is 1. The summed E-state index contributed by atoms with van der Waals surface area (Å²) in [7, 11) is 0. The summed E-state index contributed by atoms with van der Waals surface area (Å²) in [4.78, 5) is 0. The molecule has 100 valence electrons. The smallest absolute Gasteiger partial charge is 0.137 e. The Hall–Kier alpha value is -2.32. The second kappa shape index (κ2) is 6.22. The minimum absolute atomic E-state index is 0.0686. The van der Waals surface area contributed by atoms with Crippen molar-refractivity contribution in [2.45, 2.75) is 6.61 Å². The number of amidine groups is 1. The number of hydrogen-bond acceptors (Lipinski definition) is 3. The summed E-state index contributed by atoms with van der Waals surface area (Å²) in [6.45, 7) is 0.376. The van der Waals surface area contributed by atoms with Crippen molar-refractivity contribution in [3.8, 4) is 11.8 Å². The number of halogens is 1. The lowest BCUT2D eigenvalue weighted by Gasteiger charge is -2.09. The first-order valence-electron chi connectivity index (χ1n) is 5.86. The zero-order chi connectivity index (χ0) is 14.5. The van der Waals surface area contributed by atoms with E-state index in [1.54, 1.807) is 18.2 Å². The number of nitrogens with two attached hydrogens (primary N) is 1. The Morgan fingerprint density at radius 2 is 1.95 bits per heavy atom. The van der Waals surface area contributed by atoms with Gasteiger partial charge in [-0.3, -0.25) is 5.41 Å². The third-order valence-corrected chi connectivity index (χ3v) is 3.25. The summed E-state index contributed by atoms with van der Waals surface area (Å²) in [6, 6.07) is 14.7. The van der Waals surface area contributed by atoms with E-state index >= 15 is 0 Å². The number of benzene rings is 2. The second-order valence-electron chi connectivity index (χ2n) is 4.15. The van der Waals surface area contributed by atoms with Crippen molar-refractivity contribution < 1.29 is 4.74 Å². The van der Waals surface area contributed by atoms with Crippen LogP contribution in [0.25, 0.3) is 0 Å². The Balaban J connectivity index is 2.15. The summed E-state index contributed by atoms with van der Waals surface area (Å²) in [6.07, 6.45) is 0. The summed E-state index contributed by atoms with van der Waals surface area (Å²) < 4.78 is 6.64. The Morgan fingerprint density at radius 1 is 1.25 bits per heavy atom. The van der Waals surface area contributed by atoms with Gasteiger partial charge in [-0.2, -0.15) is 5.26 Å². The summed E-state index contributed by atoms with van der Waals surface area (Å²) in [5.41, 5.74) is 7.28. The minimum atomic E-state index is -0.0686. The van der Waals surface area contributed by atoms with Crippen LogP contribution in [0.15, 0.2) is 46.9 Å². The fourth-order valence-electron chi connectivity index (χ4n) is 1.65. The predicted molar refractivity (Wildman–Crippen MR) is 80.6 cm³/mol. The third-order valence-electron chi connectivity index (χ3n) is 2.72. The molecule has 0 spiro atoms. The Morgan fingerprint density at radius 3 is 2.55 bits per heavy atom. The molecule has 0 atom stereocenters. The molecule has 0 fully saturated rings. The van der Waals surface area contributed by atoms with E-state index in [2.05, 4.69) is 22.0 Å². The molecule has 0 amide bonds. The van der Waals surface area contributed by atoms with Crippen LogP contribution in [0, 0.1) is 16.7 Å². The number of nitrogen functional groups attached to an aromatic ring is 1. The molecule has 0 saturated heterocycles. The molecule has 4 nitrogen and oxygen atoms in total. The number of ether oxygens (including phenoxy) is 1. The highest BCUT2D eigenvalue weighted by molar-refractivity contribution is 9.10. The SMILES string of the molecule is N#Cc1cc(C(=N)N)ccc1OCc1ccc(Br)cc1. The Labute approximate surface area is 125 Å². The minimum Gasteiger partial charge on any atom is -0.488 e. The van der Waals surface area contributed by atoms with E-state index in [4.69, 9.17) is 21.1 Å². The first-order chi connectivity index (χ1) is 9.60. The van der Waals surface area contributed by atoms with Gasteiger partial charge in [-0.15, -0.1) is 0 Å². The van der Waals surface area contributed by atoms with Crippen LogP contribution in [0.5, 0.6) is 5.75 Å². The maximum Gasteiger partial charge on any atom is 0.137 e. The fraction of sp³-hybridized carbons (Fsp3) is 0.0667. The molecule has 3 N–H and O–H groups in total. The molecule has 0 saturated carbocycles. The maximum atomic E-state index is 9.11. The average molecular weight is 330 g/mol. The van der Waals surface area contributed by atoms with Gasteiger partial charge < -0.3 is 10.5 Å². The van der Waals surface area contributed by atoms with Gasteiger partial charge in [0.2, 0.25) is 0 Å². The van der Waals surface area contributed by atoms with Gasteiger partial charge in [-0.25, -0.2) is 0 Å². The fourth-order valence-corrected chi connectivity index (χ4v) is 1.92. The van der Waals surface area contributed by atoms with Gasteiger partial charge >= 0.3 is 0 Å². The largest absolute Gasteiger partial charge is 0.488 e. The van der Waals surface area contributed by atoms with Crippen LogP contribution in [0.4, 0.5) is 0 Å². The van der Waals surface area contributed by atoms with Gasteiger partial charge in [0.15, 0.2) is 0 Å². The number of nitrogens with one attached hydrogen (secondary N) is 1. The van der Waals surface area contributed by atoms with E-state index in [1.807, 2.05) is 24.3 Å². The van der Waals surface area contributed by atoms with Gasteiger partial charge in [-0.05, 0) is 35.9 Å². The highest BCUT2D eigenvalue weighted by atomic mass is 79.9. The molecule has 0 unspecified atom stereocenters. The van der Waals surface area contributed by atoms with E-state index in [9.17, 15) is 0 Å². The Bertz CT molecular complexity index is 675. The molecule has 0 aliphatic heterocycles. The van der Waals surface area contributed by atoms with Gasteiger partial charge in [-0.1, -0.05) is 28.1 Å². The molecular weight excluding hydrogens is 318 g/mol. The van der Waals surface area contributed by atoms with Gasteiger partial charge in [0.25, 0.3) is 0 Å². The summed E-state index contributed by atoms with van der Waals surface area (Å²) in [5.74, 6) is 0.418. The topological polar surface area (TPSA) is 82.9 Å². The monoisotopic (exact) mass is 329 g/mol. The van der Waals surface area contributed by atoms with Gasteiger partial charge in [0, 0.05) is 10.0 Å². The quantitative estimate of drug-likeness (QED) is 0.667. The molecule has 0 aliphatic carbocycles. The summed E-state index contributed by atoms with van der Waals surface area (Å²) >= 11 is 3.37. The van der Waals surface area contributed by atoms with E-state index < -0.39 is 0 Å². The van der Waals surface area contributed by atoms with E-state index in [0.29, 0.717) is 23.5 Å². The molecule has 2 rings (SSSR count). The van der Waals surface area contributed by atoms with Crippen molar-refractivity contribution in [2.24, 2.45) is 5.73 Å². The molecule has 2 aromatic rings. The van der Waals surface area contributed by atoms with E-state index in [1.165, 1.54) is 0 Å². The normalized spacial score (nSPS) is 9.80. The van der Waals surface area contributed by atoms with Crippen LogP contribution in [0.2, 0.25) is 0 Å². The zero-order valence-corrected chi connectivity index (χ0v) is 12.1. The number of rotatable bonds is 4. The highest BCUT2D eigenvalue weighted by Crippen LogP contribution is 2.21. The summed E-state index contributed by atoms with van der Waals surface area (Å²) in [5, 5.41) is 16.5.